The van der Waals surface area contributed by atoms with E-state index in [-0.39, 0.29) is 17.8 Å². The molecule has 1 aromatic carbocycles. The topological polar surface area (TPSA) is 38.7 Å². The molecule has 83 valence electrons. The van der Waals surface area contributed by atoms with Crippen molar-refractivity contribution >= 4 is 34.7 Å². The number of ketones is 1. The highest BCUT2D eigenvalue weighted by Crippen LogP contribution is 2.31. The van der Waals surface area contributed by atoms with Crippen molar-refractivity contribution in [3.05, 3.63) is 34.9 Å². The van der Waals surface area contributed by atoms with Crippen molar-refractivity contribution in [2.24, 2.45) is 5.16 Å². The van der Waals surface area contributed by atoms with Crippen molar-refractivity contribution in [2.45, 2.75) is 12.5 Å². The summed E-state index contributed by atoms with van der Waals surface area (Å²) in [6.07, 6.45) is 0.0575. The predicted molar refractivity (Wildman–Crippen MR) is 61.9 cm³/mol. The van der Waals surface area contributed by atoms with Crippen molar-refractivity contribution in [3.8, 4) is 0 Å². The number of rotatable bonds is 3. The molecule has 5 heteroatoms. The summed E-state index contributed by atoms with van der Waals surface area (Å²) in [6.45, 7) is 0. The number of alkyl halides is 1. The Morgan fingerprint density at radius 2 is 2.50 bits per heavy atom. The number of hydrogen-bond acceptors (Lipinski definition) is 3. The highest BCUT2D eigenvalue weighted by Gasteiger charge is 2.28. The minimum Gasteiger partial charge on any atom is -0.387 e. The molecule has 0 amide bonds. The molecule has 1 heterocycles. The smallest absolute Gasteiger partial charge is 0.195 e. The Morgan fingerprint density at radius 3 is 3.19 bits per heavy atom. The molecule has 0 saturated carbocycles. The van der Waals surface area contributed by atoms with Gasteiger partial charge >= 0.3 is 0 Å². The van der Waals surface area contributed by atoms with Crippen LogP contribution in [-0.2, 0) is 9.63 Å². The quantitative estimate of drug-likeness (QED) is 0.781. The van der Waals surface area contributed by atoms with Gasteiger partial charge in [0.05, 0.1) is 5.88 Å². The third-order valence-electron chi connectivity index (χ3n) is 2.27. The lowest BCUT2D eigenvalue weighted by Crippen LogP contribution is -2.13. The molecule has 0 saturated heterocycles. The Balaban J connectivity index is 2.12. The van der Waals surface area contributed by atoms with Crippen LogP contribution in [-0.4, -0.2) is 17.4 Å². The third-order valence-corrected chi connectivity index (χ3v) is 2.84. The van der Waals surface area contributed by atoms with Crippen LogP contribution < -0.4 is 0 Å². The summed E-state index contributed by atoms with van der Waals surface area (Å²) >= 11 is 11.4. The van der Waals surface area contributed by atoms with Crippen LogP contribution in [0.5, 0.6) is 0 Å². The van der Waals surface area contributed by atoms with Gasteiger partial charge in [0, 0.05) is 17.0 Å². The van der Waals surface area contributed by atoms with Gasteiger partial charge in [0.25, 0.3) is 0 Å². The van der Waals surface area contributed by atoms with Gasteiger partial charge in [-0.25, -0.2) is 0 Å². The Morgan fingerprint density at radius 1 is 1.69 bits per heavy atom. The Hall–Kier alpha value is -1.06. The van der Waals surface area contributed by atoms with Gasteiger partial charge in [0.2, 0.25) is 0 Å². The first-order chi connectivity index (χ1) is 7.72. The van der Waals surface area contributed by atoms with Gasteiger partial charge in [-0.3, -0.25) is 4.79 Å². The zero-order chi connectivity index (χ0) is 11.5. The van der Waals surface area contributed by atoms with Crippen molar-refractivity contribution in [2.75, 3.05) is 5.88 Å². The van der Waals surface area contributed by atoms with Crippen molar-refractivity contribution in [3.63, 3.8) is 0 Å². The summed E-state index contributed by atoms with van der Waals surface area (Å²) in [7, 11) is 0. The molecule has 1 aliphatic heterocycles. The van der Waals surface area contributed by atoms with Gasteiger partial charge in [0.15, 0.2) is 11.9 Å². The van der Waals surface area contributed by atoms with Gasteiger partial charge < -0.3 is 4.84 Å². The van der Waals surface area contributed by atoms with E-state index in [1.54, 1.807) is 18.2 Å². The maximum Gasteiger partial charge on any atom is 0.195 e. The van der Waals surface area contributed by atoms with E-state index < -0.39 is 0 Å². The number of benzene rings is 1. The minimum atomic E-state index is -0.337. The Bertz CT molecular complexity index is 445. The SMILES string of the molecule is O=C(CCl)C1=NOC(c2[c]cccc2Cl)C1. The van der Waals surface area contributed by atoms with E-state index in [4.69, 9.17) is 28.0 Å². The van der Waals surface area contributed by atoms with Crippen LogP contribution in [0.15, 0.2) is 23.4 Å². The van der Waals surface area contributed by atoms with E-state index in [0.717, 1.165) is 0 Å². The average Bonchev–Trinajstić information content (AvgIpc) is 2.78. The lowest BCUT2D eigenvalue weighted by Gasteiger charge is -2.09. The minimum absolute atomic E-state index is 0.0822. The maximum absolute atomic E-state index is 11.3. The van der Waals surface area contributed by atoms with Crippen molar-refractivity contribution in [1.82, 2.24) is 0 Å². The number of nitrogens with zero attached hydrogens (tertiary/aromatic N) is 1. The molecule has 1 unspecified atom stereocenters. The van der Waals surface area contributed by atoms with E-state index >= 15 is 0 Å². The van der Waals surface area contributed by atoms with Crippen LogP contribution in [0.2, 0.25) is 5.02 Å². The standard InChI is InChI=1S/C11H8Cl2NO2/c12-6-10(15)9-5-11(16-14-9)7-3-1-2-4-8(7)13/h1-2,4,11H,5-6H2. The fourth-order valence-corrected chi connectivity index (χ4v) is 1.85. The zero-order valence-corrected chi connectivity index (χ0v) is 9.76. The van der Waals surface area contributed by atoms with Gasteiger partial charge in [-0.05, 0) is 12.1 Å². The fourth-order valence-electron chi connectivity index (χ4n) is 1.45. The molecule has 16 heavy (non-hydrogen) atoms. The monoisotopic (exact) mass is 256 g/mol. The number of hydrogen-bond donors (Lipinski definition) is 0. The molecule has 1 aliphatic rings. The van der Waals surface area contributed by atoms with E-state index in [1.807, 2.05) is 0 Å². The maximum atomic E-state index is 11.3. The zero-order valence-electron chi connectivity index (χ0n) is 8.24. The largest absolute Gasteiger partial charge is 0.387 e. The highest BCUT2D eigenvalue weighted by molar-refractivity contribution is 6.49. The lowest BCUT2D eigenvalue weighted by atomic mass is 10.0. The van der Waals surface area contributed by atoms with Crippen molar-refractivity contribution < 1.29 is 9.63 Å². The van der Waals surface area contributed by atoms with Gasteiger partial charge in [-0.15, -0.1) is 11.6 Å². The molecule has 2 rings (SSSR count). The summed E-state index contributed by atoms with van der Waals surface area (Å²) in [5.74, 6) is -0.294. The summed E-state index contributed by atoms with van der Waals surface area (Å²) in [6, 6.07) is 8.26. The lowest BCUT2D eigenvalue weighted by molar-refractivity contribution is -0.110. The first kappa shape index (κ1) is 11.4. The van der Waals surface area contributed by atoms with E-state index in [0.29, 0.717) is 22.7 Å². The summed E-state index contributed by atoms with van der Waals surface area (Å²) < 4.78 is 0. The summed E-state index contributed by atoms with van der Waals surface area (Å²) in [5, 5.41) is 4.27. The molecular formula is C11H8Cl2NO2. The number of Topliss-reactive ketones (excluding diaryl/α,β-unsaturated/α-hetero) is 1. The second-order valence-corrected chi connectivity index (χ2v) is 4.00. The van der Waals surface area contributed by atoms with E-state index in [2.05, 4.69) is 11.2 Å². The molecule has 1 radical (unpaired) electrons. The molecule has 0 aromatic heterocycles. The molecular weight excluding hydrogens is 249 g/mol. The summed E-state index contributed by atoms with van der Waals surface area (Å²) in [5.41, 5.74) is 1.07. The number of oxime groups is 1. The Labute approximate surface area is 103 Å². The molecule has 0 spiro atoms. The molecule has 0 bridgehead atoms. The average molecular weight is 257 g/mol. The molecule has 1 atom stereocenters. The number of carbonyl (C=O) groups excluding carboxylic acids is 1. The predicted octanol–water partition coefficient (Wildman–Crippen LogP) is 2.77. The van der Waals surface area contributed by atoms with Gasteiger partial charge in [0.1, 0.15) is 5.71 Å². The van der Waals surface area contributed by atoms with Crippen LogP contribution in [0.3, 0.4) is 0 Å². The Kier molecular flexibility index (Phi) is 3.46. The van der Waals surface area contributed by atoms with Crippen LogP contribution >= 0.6 is 23.2 Å². The molecule has 0 aliphatic carbocycles. The van der Waals surface area contributed by atoms with Crippen LogP contribution in [0, 0.1) is 6.07 Å². The summed E-state index contributed by atoms with van der Waals surface area (Å²) in [4.78, 5) is 16.4. The second-order valence-electron chi connectivity index (χ2n) is 3.32. The molecule has 0 N–H and O–H groups in total. The fraction of sp³-hybridized carbons (Fsp3) is 0.273. The van der Waals surface area contributed by atoms with Gasteiger partial charge in [-0.1, -0.05) is 28.9 Å². The van der Waals surface area contributed by atoms with Gasteiger partial charge in [-0.2, -0.15) is 0 Å². The normalized spacial score (nSPS) is 19.1. The molecule has 1 aromatic rings. The van der Waals surface area contributed by atoms with Crippen LogP contribution in [0.1, 0.15) is 18.1 Å². The van der Waals surface area contributed by atoms with E-state index in [9.17, 15) is 4.79 Å². The first-order valence-corrected chi connectivity index (χ1v) is 5.61. The molecule has 0 fully saturated rings. The number of carbonyl (C=O) groups is 1. The van der Waals surface area contributed by atoms with Crippen LogP contribution in [0.25, 0.3) is 0 Å². The molecule has 3 nitrogen and oxygen atoms in total. The second kappa shape index (κ2) is 4.85. The number of halogens is 2. The van der Waals surface area contributed by atoms with Crippen molar-refractivity contribution in [1.29, 1.82) is 0 Å². The first-order valence-electron chi connectivity index (χ1n) is 4.70. The van der Waals surface area contributed by atoms with E-state index in [1.165, 1.54) is 0 Å². The highest BCUT2D eigenvalue weighted by atomic mass is 35.5. The van der Waals surface area contributed by atoms with Crippen LogP contribution in [0.4, 0.5) is 0 Å². The third kappa shape index (κ3) is 2.20.